The van der Waals surface area contributed by atoms with Gasteiger partial charge in [-0.1, -0.05) is 24.3 Å². The molecule has 116 valence electrons. The van der Waals surface area contributed by atoms with Crippen LogP contribution in [0.1, 0.15) is 34.5 Å². The number of aryl methyl sites for hydroxylation is 1. The summed E-state index contributed by atoms with van der Waals surface area (Å²) in [5.41, 5.74) is 3.82. The van der Waals surface area contributed by atoms with E-state index in [1.54, 1.807) is 0 Å². The first kappa shape index (κ1) is 15.3. The topological polar surface area (TPSA) is 36.9 Å². The van der Waals surface area contributed by atoms with Crippen molar-refractivity contribution in [3.05, 3.63) is 57.3 Å². The van der Waals surface area contributed by atoms with Crippen molar-refractivity contribution >= 4 is 17.2 Å². The molecule has 1 aromatic carbocycles. The van der Waals surface area contributed by atoms with Crippen LogP contribution in [-0.2, 0) is 11.2 Å². The second-order valence-electron chi connectivity index (χ2n) is 5.80. The monoisotopic (exact) mass is 315 g/mol. The number of nitrogens with zero attached hydrogens (tertiary/aromatic N) is 1. The van der Waals surface area contributed by atoms with E-state index in [1.807, 2.05) is 11.3 Å². The molecule has 3 rings (SSSR count). The van der Waals surface area contributed by atoms with Gasteiger partial charge in [0.15, 0.2) is 6.54 Å². The maximum absolute atomic E-state index is 12.7. The molecule has 0 fully saturated rings. The summed E-state index contributed by atoms with van der Waals surface area (Å²) in [6.45, 7) is 6.52. The fraction of sp³-hybridized carbons (Fsp3) is 0.389. The summed E-state index contributed by atoms with van der Waals surface area (Å²) < 4.78 is 0. The maximum Gasteiger partial charge on any atom is 0.278 e. The average Bonchev–Trinajstić information content (AvgIpc) is 3.01. The summed E-state index contributed by atoms with van der Waals surface area (Å²) in [4.78, 5) is 16.2. The van der Waals surface area contributed by atoms with Crippen LogP contribution in [0.15, 0.2) is 35.7 Å². The first-order chi connectivity index (χ1) is 10.7. The van der Waals surface area contributed by atoms with Crippen molar-refractivity contribution in [3.8, 4) is 0 Å². The van der Waals surface area contributed by atoms with E-state index >= 15 is 0 Å². The fourth-order valence-corrected chi connectivity index (χ4v) is 4.10. The lowest BCUT2D eigenvalue weighted by Crippen LogP contribution is -2.86. The Labute approximate surface area is 136 Å². The first-order valence-electron chi connectivity index (χ1n) is 7.95. The van der Waals surface area contributed by atoms with Gasteiger partial charge >= 0.3 is 0 Å². The lowest BCUT2D eigenvalue weighted by atomic mass is 9.90. The van der Waals surface area contributed by atoms with Gasteiger partial charge in [-0.2, -0.15) is 0 Å². The highest BCUT2D eigenvalue weighted by Gasteiger charge is 2.33. The van der Waals surface area contributed by atoms with Crippen LogP contribution in [-0.4, -0.2) is 30.4 Å². The molecule has 0 saturated carbocycles. The summed E-state index contributed by atoms with van der Waals surface area (Å²) in [6.07, 6.45) is 0.979. The molecule has 0 spiro atoms. The van der Waals surface area contributed by atoms with Gasteiger partial charge in [0, 0.05) is 11.4 Å². The molecule has 0 unspecified atom stereocenters. The molecule has 0 bridgehead atoms. The van der Waals surface area contributed by atoms with Crippen LogP contribution in [0.25, 0.3) is 0 Å². The molecule has 0 radical (unpaired) electrons. The van der Waals surface area contributed by atoms with Crippen molar-refractivity contribution in [2.45, 2.75) is 26.3 Å². The van der Waals surface area contributed by atoms with Gasteiger partial charge in [0.1, 0.15) is 0 Å². The molecular formula is C18H23N2OS+. The number of hydrogen-bond acceptors (Lipinski definition) is 2. The maximum atomic E-state index is 12.7. The van der Waals surface area contributed by atoms with E-state index in [-0.39, 0.29) is 11.9 Å². The van der Waals surface area contributed by atoms with Crippen molar-refractivity contribution in [1.82, 2.24) is 4.90 Å². The van der Waals surface area contributed by atoms with Gasteiger partial charge in [-0.3, -0.25) is 4.79 Å². The largest absolute Gasteiger partial charge is 0.339 e. The van der Waals surface area contributed by atoms with Crippen molar-refractivity contribution in [1.29, 1.82) is 0 Å². The Morgan fingerprint density at radius 2 is 2.14 bits per heavy atom. The highest BCUT2D eigenvalue weighted by Crippen LogP contribution is 2.38. The minimum Gasteiger partial charge on any atom is -0.339 e. The molecule has 2 N–H and O–H groups in total. The number of hydrogen-bond donors (Lipinski definition) is 1. The second-order valence-corrected chi connectivity index (χ2v) is 6.80. The van der Waals surface area contributed by atoms with Crippen LogP contribution in [0.2, 0.25) is 0 Å². The van der Waals surface area contributed by atoms with Gasteiger partial charge in [0.2, 0.25) is 0 Å². The molecular weight excluding hydrogens is 292 g/mol. The van der Waals surface area contributed by atoms with E-state index in [2.05, 4.69) is 59.8 Å². The average molecular weight is 315 g/mol. The van der Waals surface area contributed by atoms with E-state index in [9.17, 15) is 4.79 Å². The highest BCUT2D eigenvalue weighted by molar-refractivity contribution is 7.10. The van der Waals surface area contributed by atoms with E-state index in [0.717, 1.165) is 19.5 Å². The van der Waals surface area contributed by atoms with Gasteiger partial charge in [-0.25, -0.2) is 0 Å². The molecule has 2 aromatic rings. The molecule has 1 amide bonds. The standard InChI is InChI=1S/C18H22N2OS/c1-3-19-12-17(21)20-10-8-16-15(9-11-22-16)18(20)14-7-5-4-6-13(14)2/h4-7,9,11,18-19H,3,8,10,12H2,1-2H3/p+1/t18-/m0/s1. The summed E-state index contributed by atoms with van der Waals surface area (Å²) in [7, 11) is 0. The van der Waals surface area contributed by atoms with Crippen LogP contribution in [0.3, 0.4) is 0 Å². The molecule has 1 aliphatic heterocycles. The number of carbonyl (C=O) groups excluding carboxylic acids is 1. The summed E-state index contributed by atoms with van der Waals surface area (Å²) in [6, 6.07) is 10.7. The fourth-order valence-electron chi connectivity index (χ4n) is 3.20. The Morgan fingerprint density at radius 1 is 1.32 bits per heavy atom. The van der Waals surface area contributed by atoms with E-state index in [1.165, 1.54) is 21.6 Å². The molecule has 2 heterocycles. The van der Waals surface area contributed by atoms with Crippen LogP contribution in [0.4, 0.5) is 0 Å². The molecule has 1 atom stereocenters. The molecule has 1 aromatic heterocycles. The molecule has 3 nitrogen and oxygen atoms in total. The highest BCUT2D eigenvalue weighted by atomic mass is 32.1. The predicted molar refractivity (Wildman–Crippen MR) is 90.1 cm³/mol. The van der Waals surface area contributed by atoms with Crippen LogP contribution in [0.5, 0.6) is 0 Å². The van der Waals surface area contributed by atoms with Gasteiger partial charge in [-0.15, -0.1) is 11.3 Å². The van der Waals surface area contributed by atoms with Crippen molar-refractivity contribution < 1.29 is 10.1 Å². The van der Waals surface area contributed by atoms with E-state index in [4.69, 9.17) is 0 Å². The number of rotatable bonds is 4. The Balaban J connectivity index is 2.00. The van der Waals surface area contributed by atoms with Crippen molar-refractivity contribution in [3.63, 3.8) is 0 Å². The lowest BCUT2D eigenvalue weighted by Gasteiger charge is -2.36. The van der Waals surface area contributed by atoms with Crippen molar-refractivity contribution in [2.75, 3.05) is 19.6 Å². The number of nitrogens with two attached hydrogens (primary N) is 1. The zero-order valence-electron chi connectivity index (χ0n) is 13.2. The number of carbonyl (C=O) groups is 1. The number of quaternary nitrogens is 1. The zero-order valence-corrected chi connectivity index (χ0v) is 14.0. The number of amides is 1. The Hall–Kier alpha value is -1.65. The molecule has 1 aliphatic rings. The number of thiophene rings is 1. The minimum atomic E-state index is 0.0777. The Morgan fingerprint density at radius 3 is 2.91 bits per heavy atom. The predicted octanol–water partition coefficient (Wildman–Crippen LogP) is 2.11. The van der Waals surface area contributed by atoms with E-state index in [0.29, 0.717) is 6.54 Å². The number of likely N-dealkylation sites (N-methyl/N-ethyl adjacent to an activating group) is 1. The quantitative estimate of drug-likeness (QED) is 0.922. The van der Waals surface area contributed by atoms with Gasteiger partial charge in [0.05, 0.1) is 12.6 Å². The molecule has 4 heteroatoms. The number of benzene rings is 1. The lowest BCUT2D eigenvalue weighted by molar-refractivity contribution is -0.641. The third-order valence-electron chi connectivity index (χ3n) is 4.38. The van der Waals surface area contributed by atoms with Gasteiger partial charge < -0.3 is 10.2 Å². The number of fused-ring (bicyclic) bond motifs is 1. The normalized spacial score (nSPS) is 17.4. The molecule has 0 saturated heterocycles. The van der Waals surface area contributed by atoms with Crippen LogP contribution < -0.4 is 5.32 Å². The van der Waals surface area contributed by atoms with Gasteiger partial charge in [-0.05, 0) is 48.4 Å². The zero-order chi connectivity index (χ0) is 15.5. The molecule has 22 heavy (non-hydrogen) atoms. The SMILES string of the molecule is CC[NH2+]CC(=O)N1CCc2sccc2[C@@H]1c1ccccc1C. The Bertz CT molecular complexity index is 665. The third-order valence-corrected chi connectivity index (χ3v) is 5.37. The van der Waals surface area contributed by atoms with E-state index < -0.39 is 0 Å². The smallest absolute Gasteiger partial charge is 0.278 e. The first-order valence-corrected chi connectivity index (χ1v) is 8.83. The summed E-state index contributed by atoms with van der Waals surface area (Å²) in [5, 5.41) is 4.22. The molecule has 0 aliphatic carbocycles. The van der Waals surface area contributed by atoms with Crippen LogP contribution >= 0.6 is 11.3 Å². The van der Waals surface area contributed by atoms with Gasteiger partial charge in [0.25, 0.3) is 5.91 Å². The summed E-state index contributed by atoms with van der Waals surface area (Å²) in [5.74, 6) is 0.243. The van der Waals surface area contributed by atoms with Crippen LogP contribution in [0, 0.1) is 6.92 Å². The second kappa shape index (κ2) is 6.63. The third kappa shape index (κ3) is 2.81. The Kier molecular flexibility index (Phi) is 4.60. The minimum absolute atomic E-state index is 0.0777. The van der Waals surface area contributed by atoms with Crippen molar-refractivity contribution in [2.24, 2.45) is 0 Å². The summed E-state index contributed by atoms with van der Waals surface area (Å²) >= 11 is 1.82.